The summed E-state index contributed by atoms with van der Waals surface area (Å²) in [4.78, 5) is 14.0. The molecule has 7 heteroatoms. The van der Waals surface area contributed by atoms with Crippen LogP contribution in [0.4, 0.5) is 0 Å². The number of thiazole rings is 1. The first kappa shape index (κ1) is 18.1. The largest absolute Gasteiger partial charge is 0.504 e. The number of carboxylic acid groups (broad SMARTS) is 1. The van der Waals surface area contributed by atoms with E-state index in [1.807, 2.05) is 42.0 Å². The van der Waals surface area contributed by atoms with Crippen molar-refractivity contribution in [2.75, 3.05) is 13.4 Å². The summed E-state index contributed by atoms with van der Waals surface area (Å²) in [6.07, 6.45) is 4.04. The van der Waals surface area contributed by atoms with Crippen molar-refractivity contribution in [3.8, 4) is 5.75 Å². The lowest BCUT2D eigenvalue weighted by molar-refractivity contribution is -0.131. The van der Waals surface area contributed by atoms with E-state index in [-0.39, 0.29) is 0 Å². The predicted molar refractivity (Wildman–Crippen MR) is 88.5 cm³/mol. The zero-order valence-electron chi connectivity index (χ0n) is 12.3. The quantitative estimate of drug-likeness (QED) is 0.492. The van der Waals surface area contributed by atoms with E-state index in [4.69, 9.17) is 9.84 Å². The van der Waals surface area contributed by atoms with Crippen LogP contribution in [0, 0.1) is 0 Å². The van der Waals surface area contributed by atoms with Crippen molar-refractivity contribution in [3.05, 3.63) is 53.7 Å². The summed E-state index contributed by atoms with van der Waals surface area (Å²) in [5.41, 5.74) is 0.994. The van der Waals surface area contributed by atoms with E-state index in [9.17, 15) is 4.79 Å². The van der Waals surface area contributed by atoms with E-state index in [1.165, 1.54) is 7.11 Å². The number of benzene rings is 1. The van der Waals surface area contributed by atoms with Crippen molar-refractivity contribution in [3.63, 3.8) is 0 Å². The first-order chi connectivity index (χ1) is 10.7. The van der Waals surface area contributed by atoms with Crippen molar-refractivity contribution < 1.29 is 19.4 Å². The number of aromatic nitrogens is 1. The minimum absolute atomic E-state index is 0.543. The minimum atomic E-state index is -0.998. The van der Waals surface area contributed by atoms with E-state index in [0.29, 0.717) is 6.61 Å². The highest BCUT2D eigenvalue weighted by molar-refractivity contribution is 8.00. The summed E-state index contributed by atoms with van der Waals surface area (Å²) in [5.74, 6) is -0.113. The number of ether oxygens (including phenoxy) is 2. The molecule has 2 rings (SSSR count). The lowest BCUT2D eigenvalue weighted by Gasteiger charge is -2.02. The molecule has 1 aromatic heterocycles. The third-order valence-electron chi connectivity index (χ3n) is 2.18. The molecule has 0 spiro atoms. The van der Waals surface area contributed by atoms with Crippen LogP contribution in [-0.2, 0) is 16.1 Å². The SMILES string of the molecule is COC=CC(=O)O.CSc1nc(COc2ccccc2)cs1. The van der Waals surface area contributed by atoms with Gasteiger partial charge < -0.3 is 14.6 Å². The van der Waals surface area contributed by atoms with Gasteiger partial charge in [0.25, 0.3) is 0 Å². The van der Waals surface area contributed by atoms with E-state index in [0.717, 1.165) is 28.1 Å². The van der Waals surface area contributed by atoms with Crippen LogP contribution in [-0.4, -0.2) is 29.4 Å². The molecule has 118 valence electrons. The van der Waals surface area contributed by atoms with Crippen molar-refractivity contribution in [1.29, 1.82) is 0 Å². The van der Waals surface area contributed by atoms with Crippen molar-refractivity contribution in [2.45, 2.75) is 10.9 Å². The summed E-state index contributed by atoms with van der Waals surface area (Å²) in [7, 11) is 1.39. The Kier molecular flexibility index (Phi) is 8.78. The van der Waals surface area contributed by atoms with Crippen molar-refractivity contribution in [1.82, 2.24) is 4.98 Å². The number of aliphatic carboxylic acids is 1. The zero-order chi connectivity index (χ0) is 16.2. The fraction of sp³-hybridized carbons (Fsp3) is 0.200. The summed E-state index contributed by atoms with van der Waals surface area (Å²) in [5, 5.41) is 9.91. The maximum Gasteiger partial charge on any atom is 0.331 e. The monoisotopic (exact) mass is 339 g/mol. The summed E-state index contributed by atoms with van der Waals surface area (Å²) < 4.78 is 11.0. The number of rotatable bonds is 6. The Morgan fingerprint density at radius 1 is 1.41 bits per heavy atom. The molecular formula is C15H17NO4S2. The molecule has 0 amide bonds. The molecule has 0 aliphatic heterocycles. The van der Waals surface area contributed by atoms with Crippen molar-refractivity contribution >= 4 is 29.1 Å². The number of carbonyl (C=O) groups is 1. The van der Waals surface area contributed by atoms with E-state index < -0.39 is 5.97 Å². The minimum Gasteiger partial charge on any atom is -0.504 e. The Labute approximate surface area is 137 Å². The first-order valence-electron chi connectivity index (χ1n) is 6.24. The van der Waals surface area contributed by atoms with Crippen molar-refractivity contribution in [2.24, 2.45) is 0 Å². The van der Waals surface area contributed by atoms with Gasteiger partial charge in [0.05, 0.1) is 25.1 Å². The van der Waals surface area contributed by atoms with Gasteiger partial charge in [0.1, 0.15) is 16.7 Å². The van der Waals surface area contributed by atoms with Gasteiger partial charge >= 0.3 is 5.97 Å². The van der Waals surface area contributed by atoms with Gasteiger partial charge in [0.2, 0.25) is 0 Å². The second kappa shape index (κ2) is 10.7. The van der Waals surface area contributed by atoms with Crippen LogP contribution in [0.3, 0.4) is 0 Å². The maximum atomic E-state index is 9.59. The molecule has 0 aliphatic carbocycles. The molecule has 0 atom stereocenters. The number of carboxylic acids is 1. The number of thioether (sulfide) groups is 1. The highest BCUT2D eigenvalue weighted by Gasteiger charge is 2.01. The number of methoxy groups -OCH3 is 1. The third-order valence-corrected chi connectivity index (χ3v) is 4.09. The van der Waals surface area contributed by atoms with Crippen LogP contribution in [0.25, 0.3) is 0 Å². The van der Waals surface area contributed by atoms with Gasteiger partial charge in [-0.25, -0.2) is 9.78 Å². The summed E-state index contributed by atoms with van der Waals surface area (Å²) in [6.45, 7) is 0.543. The van der Waals surface area contributed by atoms with Gasteiger partial charge in [-0.15, -0.1) is 11.3 Å². The van der Waals surface area contributed by atoms with Gasteiger partial charge in [-0.05, 0) is 18.4 Å². The molecule has 5 nitrogen and oxygen atoms in total. The number of hydrogen-bond acceptors (Lipinski definition) is 6. The van der Waals surface area contributed by atoms with Crippen LogP contribution >= 0.6 is 23.1 Å². The second-order valence-corrected chi connectivity index (χ2v) is 5.70. The molecule has 2 aromatic rings. The average Bonchev–Trinajstić information content (AvgIpc) is 3.00. The summed E-state index contributed by atoms with van der Waals surface area (Å²) >= 11 is 3.32. The Bertz CT molecular complexity index is 584. The topological polar surface area (TPSA) is 68.7 Å². The Balaban J connectivity index is 0.000000295. The van der Waals surface area contributed by atoms with Gasteiger partial charge in [-0.1, -0.05) is 30.0 Å². The Morgan fingerprint density at radius 2 is 2.14 bits per heavy atom. The maximum absolute atomic E-state index is 9.59. The second-order valence-electron chi connectivity index (χ2n) is 3.79. The van der Waals surface area contributed by atoms with Crippen LogP contribution < -0.4 is 4.74 Å². The van der Waals surface area contributed by atoms with Gasteiger partial charge in [0, 0.05) is 5.38 Å². The number of para-hydroxylation sites is 1. The first-order valence-corrected chi connectivity index (χ1v) is 8.34. The number of nitrogens with zero attached hydrogens (tertiary/aromatic N) is 1. The van der Waals surface area contributed by atoms with Gasteiger partial charge in [-0.2, -0.15) is 0 Å². The lowest BCUT2D eigenvalue weighted by atomic mass is 10.3. The van der Waals surface area contributed by atoms with E-state index >= 15 is 0 Å². The zero-order valence-corrected chi connectivity index (χ0v) is 13.9. The fourth-order valence-electron chi connectivity index (χ4n) is 1.25. The van der Waals surface area contributed by atoms with E-state index in [2.05, 4.69) is 9.72 Å². The highest BCUT2D eigenvalue weighted by Crippen LogP contribution is 2.20. The van der Waals surface area contributed by atoms with Gasteiger partial charge in [-0.3, -0.25) is 0 Å². The molecular weight excluding hydrogens is 322 g/mol. The number of hydrogen-bond donors (Lipinski definition) is 1. The molecule has 0 unspecified atom stereocenters. The molecule has 0 fully saturated rings. The third kappa shape index (κ3) is 7.70. The normalized spacial score (nSPS) is 9.91. The van der Waals surface area contributed by atoms with Crippen LogP contribution in [0.15, 0.2) is 52.4 Å². The summed E-state index contributed by atoms with van der Waals surface area (Å²) in [6, 6.07) is 9.79. The smallest absolute Gasteiger partial charge is 0.331 e. The molecule has 22 heavy (non-hydrogen) atoms. The lowest BCUT2D eigenvalue weighted by Crippen LogP contribution is -1.95. The predicted octanol–water partition coefficient (Wildman–Crippen LogP) is 3.68. The average molecular weight is 339 g/mol. The molecule has 1 heterocycles. The molecule has 1 aromatic carbocycles. The van der Waals surface area contributed by atoms with Crippen LogP contribution in [0.1, 0.15) is 5.69 Å². The fourth-order valence-corrected chi connectivity index (χ4v) is 2.51. The molecule has 0 saturated carbocycles. The van der Waals surface area contributed by atoms with Crippen LogP contribution in [0.2, 0.25) is 0 Å². The highest BCUT2D eigenvalue weighted by atomic mass is 32.2. The molecule has 0 aliphatic rings. The van der Waals surface area contributed by atoms with Crippen LogP contribution in [0.5, 0.6) is 5.75 Å². The van der Waals surface area contributed by atoms with Gasteiger partial charge in [0.15, 0.2) is 0 Å². The van der Waals surface area contributed by atoms with E-state index in [1.54, 1.807) is 23.1 Å². The molecule has 0 bridgehead atoms. The Hall–Kier alpha value is -1.99. The standard InChI is InChI=1S/C11H11NOS2.C4H6O3/c1-14-11-12-9(8-15-11)7-13-10-5-3-2-4-6-10;1-7-3-2-4(5)6/h2-6,8H,7H2,1H3;2-3H,1H3,(H,5,6). The molecule has 1 N–H and O–H groups in total. The Morgan fingerprint density at radius 3 is 2.64 bits per heavy atom. The molecule has 0 saturated heterocycles. The molecule has 0 radical (unpaired) electrons.